The highest BCUT2D eigenvalue weighted by atomic mass is 31.2. The van der Waals surface area contributed by atoms with Crippen LogP contribution in [0.2, 0.25) is 0 Å². The third kappa shape index (κ3) is 6.53. The van der Waals surface area contributed by atoms with E-state index in [1.165, 1.54) is 31.2 Å². The number of rotatable bonds is 11. The third-order valence-corrected chi connectivity index (χ3v) is 7.00. The van der Waals surface area contributed by atoms with Crippen LogP contribution in [0, 0.1) is 0 Å². The smallest absolute Gasteiger partial charge is 0.459 e. The molecule has 1 fully saturated rings. The van der Waals surface area contributed by atoms with Crippen molar-refractivity contribution in [2.75, 3.05) is 6.61 Å². The average molecular weight is 565 g/mol. The molecule has 16 heteroatoms. The van der Waals surface area contributed by atoms with Gasteiger partial charge in [0.15, 0.2) is 18.0 Å². The Morgan fingerprint density at radius 3 is 2.47 bits per heavy atom. The van der Waals surface area contributed by atoms with Crippen LogP contribution in [0.3, 0.4) is 0 Å². The molecule has 0 amide bonds. The lowest BCUT2D eigenvalue weighted by molar-refractivity contribution is -0.183. The number of nitrogens with one attached hydrogen (secondary N) is 2. The normalized spacial score (nSPS) is 25.8. The van der Waals surface area contributed by atoms with Gasteiger partial charge < -0.3 is 19.1 Å². The minimum atomic E-state index is -4.71. The van der Waals surface area contributed by atoms with Crippen molar-refractivity contribution in [2.24, 2.45) is 0 Å². The van der Waals surface area contributed by atoms with Crippen LogP contribution in [0.15, 0.2) is 52.2 Å². The monoisotopic (exact) mass is 565 g/mol. The van der Waals surface area contributed by atoms with Gasteiger partial charge in [0.1, 0.15) is 17.9 Å². The summed E-state index contributed by atoms with van der Waals surface area (Å²) in [7, 11) is -4.71. The van der Waals surface area contributed by atoms with E-state index in [1.807, 2.05) is 4.98 Å². The van der Waals surface area contributed by atoms with Gasteiger partial charge in [-0.2, -0.15) is 5.09 Å². The van der Waals surface area contributed by atoms with Gasteiger partial charge in [0.2, 0.25) is 0 Å². The number of halogens is 3. The van der Waals surface area contributed by atoms with Gasteiger partial charge in [-0.05, 0) is 32.9 Å². The summed E-state index contributed by atoms with van der Waals surface area (Å²) in [5.41, 5.74) is -5.20. The Morgan fingerprint density at radius 1 is 1.24 bits per heavy atom. The largest absolute Gasteiger partial charge is 0.462 e. The van der Waals surface area contributed by atoms with Crippen LogP contribution in [0.4, 0.5) is 13.2 Å². The van der Waals surface area contributed by atoms with E-state index in [0.29, 0.717) is 4.57 Å². The molecular weight excluding hydrogens is 538 g/mol. The van der Waals surface area contributed by atoms with Crippen LogP contribution >= 0.6 is 7.75 Å². The first kappa shape index (κ1) is 29.6. The minimum absolute atomic E-state index is 0.0410. The summed E-state index contributed by atoms with van der Waals surface area (Å²) in [6.45, 7) is 2.95. The molecule has 6 unspecified atom stereocenters. The molecule has 3 rings (SSSR count). The number of H-pyrrole nitrogens is 1. The van der Waals surface area contributed by atoms with Crippen LogP contribution in [0.1, 0.15) is 27.0 Å². The Balaban J connectivity index is 1.90. The van der Waals surface area contributed by atoms with Crippen LogP contribution in [0.5, 0.6) is 5.75 Å². The number of hydrogen-bond acceptors (Lipinski definition) is 9. The van der Waals surface area contributed by atoms with Crippen LogP contribution in [-0.2, 0) is 23.4 Å². The van der Waals surface area contributed by atoms with E-state index < -0.39 is 74.2 Å². The number of benzene rings is 1. The number of ether oxygens (including phenoxy) is 2. The number of aromatic nitrogens is 2. The zero-order valence-corrected chi connectivity index (χ0v) is 21.3. The lowest BCUT2D eigenvalue weighted by Gasteiger charge is -2.31. The maximum absolute atomic E-state index is 15.2. The highest BCUT2D eigenvalue weighted by Crippen LogP contribution is 2.49. The van der Waals surface area contributed by atoms with E-state index in [0.717, 1.165) is 12.3 Å². The molecule has 1 aromatic carbocycles. The van der Waals surface area contributed by atoms with E-state index in [-0.39, 0.29) is 5.75 Å². The number of aliphatic hydroxyl groups is 1. The molecule has 210 valence electrons. The molecule has 0 bridgehead atoms. The molecule has 1 aliphatic rings. The van der Waals surface area contributed by atoms with Gasteiger partial charge in [-0.3, -0.25) is 23.7 Å². The first-order valence-electron chi connectivity index (χ1n) is 11.3. The quantitative estimate of drug-likeness (QED) is 0.271. The van der Waals surface area contributed by atoms with Gasteiger partial charge in [-0.25, -0.2) is 22.5 Å². The Hall–Kier alpha value is -2.97. The fourth-order valence-corrected chi connectivity index (χ4v) is 5.04. The number of carbonyl (C=O) groups is 1. The van der Waals surface area contributed by atoms with E-state index >= 15 is 4.39 Å². The number of hydrogen-bond donors (Lipinski definition) is 3. The summed E-state index contributed by atoms with van der Waals surface area (Å²) in [5, 5.41) is 12.6. The maximum Gasteiger partial charge on any atom is 0.459 e. The predicted molar refractivity (Wildman–Crippen MR) is 126 cm³/mol. The summed E-state index contributed by atoms with van der Waals surface area (Å²) in [4.78, 5) is 37.5. The topological polar surface area (TPSA) is 158 Å². The van der Waals surface area contributed by atoms with Crippen LogP contribution < -0.4 is 20.9 Å². The lowest BCUT2D eigenvalue weighted by Crippen LogP contribution is -2.51. The fourth-order valence-electron chi connectivity index (χ4n) is 3.51. The third-order valence-electron chi connectivity index (χ3n) is 5.38. The number of carbonyl (C=O) groups excluding carboxylic acids is 1. The second kappa shape index (κ2) is 11.8. The van der Waals surface area contributed by atoms with Gasteiger partial charge in [-0.1, -0.05) is 18.2 Å². The van der Waals surface area contributed by atoms with Gasteiger partial charge in [-0.15, -0.1) is 0 Å². The Bertz CT molecular complexity index is 1280. The Kier molecular flexibility index (Phi) is 9.21. The van der Waals surface area contributed by atoms with E-state index in [2.05, 4.69) is 5.09 Å². The second-order valence-corrected chi connectivity index (χ2v) is 10.4. The number of nitrogens with zero attached hydrogens (tertiary/aromatic N) is 1. The second-order valence-electron chi connectivity index (χ2n) is 8.69. The summed E-state index contributed by atoms with van der Waals surface area (Å²) in [6.07, 6.45) is -10.5. The molecule has 2 aromatic rings. The number of alkyl halides is 3. The first-order chi connectivity index (χ1) is 17.8. The van der Waals surface area contributed by atoms with E-state index in [4.69, 9.17) is 18.5 Å². The summed E-state index contributed by atoms with van der Waals surface area (Å²) < 4.78 is 78.6. The summed E-state index contributed by atoms with van der Waals surface area (Å²) >= 11 is 0. The molecule has 1 saturated heterocycles. The summed E-state index contributed by atoms with van der Waals surface area (Å²) in [5.74, 6) is -0.904. The standard InChI is InChI=1S/C22H27F3N3O9P/c1-12(2)35-19(31)13(3)27-38(33,37-14-7-5-4-6-8-14)34-11-22(20(24)25)17(23)16(30)18(36-22)28-10-9-15(29)26-21(28)32/h4-10,12-13,16-18,20,30H,11H2,1-3H3,(H,27,33)(H,26,29,32). The highest BCUT2D eigenvalue weighted by molar-refractivity contribution is 7.52. The average Bonchev–Trinajstić information content (AvgIpc) is 3.09. The van der Waals surface area contributed by atoms with Crippen molar-refractivity contribution in [3.63, 3.8) is 0 Å². The van der Waals surface area contributed by atoms with Crippen molar-refractivity contribution in [1.82, 2.24) is 14.6 Å². The molecule has 3 N–H and O–H groups in total. The lowest BCUT2D eigenvalue weighted by atomic mass is 9.98. The van der Waals surface area contributed by atoms with E-state index in [1.54, 1.807) is 19.9 Å². The van der Waals surface area contributed by atoms with Crippen molar-refractivity contribution in [3.8, 4) is 5.75 Å². The van der Waals surface area contributed by atoms with Gasteiger partial charge in [0, 0.05) is 12.3 Å². The zero-order chi connectivity index (χ0) is 28.3. The van der Waals surface area contributed by atoms with Crippen LogP contribution in [-0.4, -0.2) is 63.7 Å². The fraction of sp³-hybridized carbons (Fsp3) is 0.500. The van der Waals surface area contributed by atoms with Crippen molar-refractivity contribution < 1.29 is 46.2 Å². The molecular formula is C22H27F3N3O9P. The number of aromatic amines is 1. The Morgan fingerprint density at radius 2 is 1.89 bits per heavy atom. The molecule has 0 saturated carbocycles. The minimum Gasteiger partial charge on any atom is -0.462 e. The molecule has 1 aliphatic heterocycles. The molecule has 6 atom stereocenters. The van der Waals surface area contributed by atoms with E-state index in [9.17, 15) is 32.8 Å². The predicted octanol–water partition coefficient (Wildman–Crippen LogP) is 1.90. The molecule has 0 aliphatic carbocycles. The molecule has 1 aromatic heterocycles. The van der Waals surface area contributed by atoms with Crippen molar-refractivity contribution in [3.05, 3.63) is 63.4 Å². The molecule has 12 nitrogen and oxygen atoms in total. The Labute approximate surface area is 214 Å². The van der Waals surface area contributed by atoms with Gasteiger partial charge >= 0.3 is 19.4 Å². The van der Waals surface area contributed by atoms with Crippen molar-refractivity contribution in [1.29, 1.82) is 0 Å². The SMILES string of the molecule is CC(C)OC(=O)C(C)NP(=O)(OCC1(C(F)F)OC(n2ccc(=O)[nH]c2=O)C(O)C1F)Oc1ccccc1. The molecule has 0 spiro atoms. The molecule has 0 radical (unpaired) electrons. The van der Waals surface area contributed by atoms with Crippen molar-refractivity contribution >= 4 is 13.7 Å². The first-order valence-corrected chi connectivity index (χ1v) is 12.9. The molecule has 2 heterocycles. The van der Waals surface area contributed by atoms with Crippen molar-refractivity contribution in [2.45, 2.75) is 63.4 Å². The van der Waals surface area contributed by atoms with Gasteiger partial charge in [0.05, 0.1) is 12.7 Å². The number of para-hydroxylation sites is 1. The maximum atomic E-state index is 15.2. The zero-order valence-electron chi connectivity index (χ0n) is 20.5. The molecule has 38 heavy (non-hydrogen) atoms. The number of esters is 1. The van der Waals surface area contributed by atoms with Crippen LogP contribution in [0.25, 0.3) is 0 Å². The van der Waals surface area contributed by atoms with Gasteiger partial charge in [0.25, 0.3) is 12.0 Å². The highest BCUT2D eigenvalue weighted by Gasteiger charge is 2.63. The number of aliphatic hydroxyl groups excluding tert-OH is 1. The summed E-state index contributed by atoms with van der Waals surface area (Å²) in [6, 6.07) is 6.88.